The van der Waals surface area contributed by atoms with Gasteiger partial charge in [0, 0.05) is 35.6 Å². The Hall–Kier alpha value is -3.92. The van der Waals surface area contributed by atoms with Gasteiger partial charge in [-0.25, -0.2) is 0 Å². The third kappa shape index (κ3) is 3.67. The second-order valence-electron chi connectivity index (χ2n) is 7.19. The van der Waals surface area contributed by atoms with Crippen molar-refractivity contribution in [2.75, 3.05) is 0 Å². The summed E-state index contributed by atoms with van der Waals surface area (Å²) in [5.41, 5.74) is 9.41. The molecule has 150 valence electrons. The van der Waals surface area contributed by atoms with Crippen LogP contribution in [0.4, 0.5) is 0 Å². The van der Waals surface area contributed by atoms with E-state index in [-0.39, 0.29) is 17.5 Å². The zero-order valence-corrected chi connectivity index (χ0v) is 16.3. The van der Waals surface area contributed by atoms with Gasteiger partial charge in [-0.3, -0.25) is 24.7 Å². The molecule has 4 rings (SSSR count). The number of carbonyl (C=O) groups is 3. The van der Waals surface area contributed by atoms with Crippen LogP contribution in [-0.4, -0.2) is 22.7 Å². The van der Waals surface area contributed by atoms with E-state index >= 15 is 0 Å². The molecule has 0 spiro atoms. The van der Waals surface area contributed by atoms with Crippen LogP contribution < -0.4 is 11.1 Å². The maximum Gasteiger partial charge on any atom is 0.267 e. The number of benzene rings is 1. The number of nitrogens with one attached hydrogen (secondary N) is 1. The van der Waals surface area contributed by atoms with E-state index in [1.165, 1.54) is 0 Å². The molecule has 7 heteroatoms. The molecule has 1 fully saturated rings. The van der Waals surface area contributed by atoms with Crippen LogP contribution in [0.15, 0.2) is 41.1 Å². The number of pyridine rings is 1. The molecule has 3 amide bonds. The highest BCUT2D eigenvalue weighted by atomic mass is 16.3. The first-order valence-corrected chi connectivity index (χ1v) is 9.52. The van der Waals surface area contributed by atoms with Crippen molar-refractivity contribution in [1.29, 1.82) is 0 Å². The van der Waals surface area contributed by atoms with Crippen LogP contribution in [0, 0.1) is 18.8 Å². The van der Waals surface area contributed by atoms with E-state index < -0.39 is 11.8 Å². The Balaban J connectivity index is 1.60. The molecule has 0 bridgehead atoms. The quantitative estimate of drug-likeness (QED) is 0.516. The summed E-state index contributed by atoms with van der Waals surface area (Å²) in [5.74, 6) is 4.70. The average molecular weight is 401 g/mol. The van der Waals surface area contributed by atoms with E-state index in [9.17, 15) is 14.4 Å². The molecule has 0 aliphatic carbocycles. The lowest BCUT2D eigenvalue weighted by Gasteiger charge is -2.19. The highest BCUT2D eigenvalue weighted by Crippen LogP contribution is 2.32. The molecule has 30 heavy (non-hydrogen) atoms. The number of aromatic nitrogens is 1. The zero-order valence-electron chi connectivity index (χ0n) is 16.3. The summed E-state index contributed by atoms with van der Waals surface area (Å²) in [4.78, 5) is 39.1. The summed E-state index contributed by atoms with van der Waals surface area (Å²) in [6.07, 6.45) is 4.33. The van der Waals surface area contributed by atoms with Gasteiger partial charge in [-0.15, -0.1) is 0 Å². The van der Waals surface area contributed by atoms with Crippen LogP contribution in [0.5, 0.6) is 0 Å². The maximum absolute atomic E-state index is 12.2. The number of hydrogen-bond acceptors (Lipinski definition) is 5. The lowest BCUT2D eigenvalue weighted by Crippen LogP contribution is -2.39. The number of piperidine rings is 1. The first kappa shape index (κ1) is 19.4. The molecule has 3 N–H and O–H groups in total. The molecule has 3 aromatic rings. The lowest BCUT2D eigenvalue weighted by atomic mass is 9.90. The first-order chi connectivity index (χ1) is 14.4. The largest absolute Gasteiger partial charge is 0.464 e. The lowest BCUT2D eigenvalue weighted by molar-refractivity contribution is -0.134. The molecule has 1 aliphatic heterocycles. The predicted molar refractivity (Wildman–Crippen MR) is 109 cm³/mol. The van der Waals surface area contributed by atoms with Crippen molar-refractivity contribution in [2.24, 2.45) is 5.73 Å². The fourth-order valence-electron chi connectivity index (χ4n) is 3.64. The monoisotopic (exact) mass is 401 g/mol. The Morgan fingerprint density at radius 1 is 1.33 bits per heavy atom. The SMILES string of the molecule is Cc1c(CC#Cc2ccc3occ(C4CCC(=O)NC4=O)c3c2)ccnc1C(N)=O. The summed E-state index contributed by atoms with van der Waals surface area (Å²) in [6, 6.07) is 7.37. The number of amides is 3. The highest BCUT2D eigenvalue weighted by Gasteiger charge is 2.30. The van der Waals surface area contributed by atoms with Crippen molar-refractivity contribution < 1.29 is 18.8 Å². The van der Waals surface area contributed by atoms with Crippen molar-refractivity contribution >= 4 is 28.7 Å². The summed E-state index contributed by atoms with van der Waals surface area (Å²) >= 11 is 0. The second kappa shape index (κ2) is 7.84. The third-order valence-corrected chi connectivity index (χ3v) is 5.28. The number of rotatable bonds is 3. The van der Waals surface area contributed by atoms with Gasteiger partial charge in [-0.05, 0) is 48.7 Å². The van der Waals surface area contributed by atoms with Crippen LogP contribution in [0.25, 0.3) is 11.0 Å². The normalized spacial score (nSPS) is 16.1. The van der Waals surface area contributed by atoms with E-state index in [4.69, 9.17) is 10.2 Å². The molecule has 1 atom stereocenters. The van der Waals surface area contributed by atoms with Gasteiger partial charge in [0.25, 0.3) is 5.91 Å². The minimum Gasteiger partial charge on any atom is -0.464 e. The van der Waals surface area contributed by atoms with E-state index in [1.807, 2.05) is 24.3 Å². The zero-order chi connectivity index (χ0) is 21.3. The van der Waals surface area contributed by atoms with E-state index in [0.717, 1.165) is 27.6 Å². The summed E-state index contributed by atoms with van der Waals surface area (Å²) in [6.45, 7) is 1.80. The number of hydrogen-bond donors (Lipinski definition) is 2. The van der Waals surface area contributed by atoms with Gasteiger partial charge in [0.2, 0.25) is 11.8 Å². The average Bonchev–Trinajstić information content (AvgIpc) is 3.12. The molecule has 1 aromatic carbocycles. The number of nitrogens with zero attached hydrogens (tertiary/aromatic N) is 1. The van der Waals surface area contributed by atoms with Crippen LogP contribution in [-0.2, 0) is 16.0 Å². The number of fused-ring (bicyclic) bond motifs is 1. The Labute approximate surface area is 172 Å². The van der Waals surface area contributed by atoms with Crippen LogP contribution in [0.1, 0.15) is 51.5 Å². The molecular weight excluding hydrogens is 382 g/mol. The fraction of sp³-hybridized carbons (Fsp3) is 0.217. The van der Waals surface area contributed by atoms with Gasteiger partial charge in [0.15, 0.2) is 0 Å². The summed E-state index contributed by atoms with van der Waals surface area (Å²) < 4.78 is 5.59. The third-order valence-electron chi connectivity index (χ3n) is 5.28. The van der Waals surface area contributed by atoms with Crippen molar-refractivity contribution in [3.8, 4) is 11.8 Å². The summed E-state index contributed by atoms with van der Waals surface area (Å²) in [7, 11) is 0. The van der Waals surface area contributed by atoms with Gasteiger partial charge in [0.1, 0.15) is 11.3 Å². The summed E-state index contributed by atoms with van der Waals surface area (Å²) in [5, 5.41) is 3.19. The predicted octanol–water partition coefficient (Wildman–Crippen LogP) is 2.35. The Morgan fingerprint density at radius 2 is 2.17 bits per heavy atom. The second-order valence-corrected chi connectivity index (χ2v) is 7.19. The minimum absolute atomic E-state index is 0.249. The molecule has 0 radical (unpaired) electrons. The maximum atomic E-state index is 12.2. The van der Waals surface area contributed by atoms with Gasteiger partial charge < -0.3 is 10.2 Å². The molecule has 1 saturated heterocycles. The smallest absolute Gasteiger partial charge is 0.267 e. The topological polar surface area (TPSA) is 115 Å². The number of nitrogens with two attached hydrogens (primary N) is 1. The van der Waals surface area contributed by atoms with E-state index in [2.05, 4.69) is 22.1 Å². The molecule has 7 nitrogen and oxygen atoms in total. The molecule has 3 heterocycles. The molecule has 1 aliphatic rings. The first-order valence-electron chi connectivity index (χ1n) is 9.52. The van der Waals surface area contributed by atoms with Crippen molar-refractivity contribution in [1.82, 2.24) is 10.3 Å². The van der Waals surface area contributed by atoms with Crippen LogP contribution in [0.2, 0.25) is 0 Å². The molecular formula is C23H19N3O4. The Bertz CT molecular complexity index is 1250. The highest BCUT2D eigenvalue weighted by molar-refractivity contribution is 6.02. The van der Waals surface area contributed by atoms with E-state index in [1.54, 1.807) is 19.4 Å². The van der Waals surface area contributed by atoms with Gasteiger partial charge >= 0.3 is 0 Å². The number of furan rings is 1. The number of primary amides is 1. The van der Waals surface area contributed by atoms with Crippen LogP contribution >= 0.6 is 0 Å². The van der Waals surface area contributed by atoms with Gasteiger partial charge in [-0.1, -0.05) is 11.8 Å². The Kier molecular flexibility index (Phi) is 5.07. The molecule has 1 unspecified atom stereocenters. The van der Waals surface area contributed by atoms with Crippen molar-refractivity contribution in [3.05, 3.63) is 64.7 Å². The van der Waals surface area contributed by atoms with Crippen LogP contribution in [0.3, 0.4) is 0 Å². The number of carbonyl (C=O) groups excluding carboxylic acids is 3. The number of imide groups is 1. The molecule has 2 aromatic heterocycles. The fourth-order valence-corrected chi connectivity index (χ4v) is 3.64. The van der Waals surface area contributed by atoms with Crippen molar-refractivity contribution in [3.63, 3.8) is 0 Å². The van der Waals surface area contributed by atoms with Gasteiger partial charge in [0.05, 0.1) is 12.2 Å². The Morgan fingerprint density at radius 3 is 2.93 bits per heavy atom. The minimum atomic E-state index is -0.561. The van der Waals surface area contributed by atoms with Gasteiger partial charge in [-0.2, -0.15) is 0 Å². The molecule has 0 saturated carbocycles. The standard InChI is InChI=1S/C23H19N3O4/c1-13-15(9-10-25-21(13)22(24)28)4-2-3-14-5-7-19-17(11-14)18(12-30-19)16-6-8-20(27)26-23(16)29/h5,7,9-12,16H,4,6,8H2,1H3,(H2,24,28)(H,26,27,29). The van der Waals surface area contributed by atoms with Crippen molar-refractivity contribution in [2.45, 2.75) is 32.1 Å². The van der Waals surface area contributed by atoms with E-state index in [0.29, 0.717) is 24.8 Å².